The van der Waals surface area contributed by atoms with Crippen molar-refractivity contribution in [3.05, 3.63) is 35.1 Å². The highest BCUT2D eigenvalue weighted by Gasteiger charge is 2.66. The number of carboxylic acid groups (broad SMARTS) is 1. The average Bonchev–Trinajstić information content (AvgIpc) is 2.47. The Labute approximate surface area is 134 Å². The van der Waals surface area contributed by atoms with Crippen LogP contribution >= 0.6 is 0 Å². The number of hydrogen-bond acceptors (Lipinski definition) is 3. The summed E-state index contributed by atoms with van der Waals surface area (Å²) in [6.45, 7) is 7.50. The summed E-state index contributed by atoms with van der Waals surface area (Å²) in [6.07, 6.45) is -0.117. The smallest absolute Gasteiger partial charge is 0.330 e. The molecule has 0 heterocycles. The van der Waals surface area contributed by atoms with E-state index in [-0.39, 0.29) is 18.1 Å². The second kappa shape index (κ2) is 5.92. The van der Waals surface area contributed by atoms with E-state index in [0.29, 0.717) is 6.61 Å². The molecule has 0 bridgehead atoms. The molecule has 1 saturated carbocycles. The minimum absolute atomic E-state index is 0.152. The molecule has 2 N–H and O–H groups in total. The van der Waals surface area contributed by atoms with Gasteiger partial charge in [0.25, 0.3) is 5.91 Å². The first-order chi connectivity index (χ1) is 10.7. The van der Waals surface area contributed by atoms with Gasteiger partial charge in [0.1, 0.15) is 11.4 Å². The Bertz CT molecular complexity index is 643. The van der Waals surface area contributed by atoms with E-state index < -0.39 is 28.6 Å². The van der Waals surface area contributed by atoms with Crippen LogP contribution in [0.2, 0.25) is 0 Å². The average molecular weight is 323 g/mol. The topological polar surface area (TPSA) is 75.6 Å². The van der Waals surface area contributed by atoms with Crippen LogP contribution in [0.5, 0.6) is 0 Å². The predicted octanol–water partition coefficient (Wildman–Crippen LogP) is 2.52. The van der Waals surface area contributed by atoms with Crippen LogP contribution in [0.25, 0.3) is 0 Å². The Morgan fingerprint density at radius 2 is 2.09 bits per heavy atom. The molecule has 0 saturated heterocycles. The molecule has 1 aromatic carbocycles. The van der Waals surface area contributed by atoms with Crippen LogP contribution in [0.1, 0.15) is 43.1 Å². The van der Waals surface area contributed by atoms with Crippen molar-refractivity contribution in [1.29, 1.82) is 0 Å². The fourth-order valence-corrected chi connectivity index (χ4v) is 3.11. The Kier molecular flexibility index (Phi) is 4.48. The van der Waals surface area contributed by atoms with Crippen molar-refractivity contribution in [2.75, 3.05) is 6.61 Å². The molecule has 0 spiro atoms. The minimum Gasteiger partial charge on any atom is -0.479 e. The summed E-state index contributed by atoms with van der Waals surface area (Å²) in [4.78, 5) is 24.3. The van der Waals surface area contributed by atoms with Gasteiger partial charge in [0, 0.05) is 18.4 Å². The van der Waals surface area contributed by atoms with Crippen LogP contribution < -0.4 is 5.32 Å². The molecular weight excluding hydrogens is 301 g/mol. The standard InChI is InChI=1S/C17H22FNO4/c1-5-23-13-9-17(15(21)22,16(13,3)4)19-14(20)11-8-10(2)6-7-12(11)18/h6-8,13H,5,9H2,1-4H3,(H,19,20)(H,21,22)/t13-,17+/m1/s1. The van der Waals surface area contributed by atoms with Crippen LogP contribution in [0.15, 0.2) is 18.2 Å². The van der Waals surface area contributed by atoms with Gasteiger partial charge in [-0.05, 0) is 26.0 Å². The summed E-state index contributed by atoms with van der Waals surface area (Å²) in [5.74, 6) is -2.54. The normalized spacial score (nSPS) is 25.5. The van der Waals surface area contributed by atoms with Crippen molar-refractivity contribution in [3.63, 3.8) is 0 Å². The summed E-state index contributed by atoms with van der Waals surface area (Å²) in [5, 5.41) is 12.2. The largest absolute Gasteiger partial charge is 0.479 e. The lowest BCUT2D eigenvalue weighted by molar-refractivity contribution is -0.190. The van der Waals surface area contributed by atoms with Crippen LogP contribution in [0, 0.1) is 18.2 Å². The van der Waals surface area contributed by atoms with E-state index in [2.05, 4.69) is 5.32 Å². The van der Waals surface area contributed by atoms with E-state index in [1.807, 2.05) is 6.92 Å². The second-order valence-corrected chi connectivity index (χ2v) is 6.52. The molecule has 1 aromatic rings. The van der Waals surface area contributed by atoms with Gasteiger partial charge in [-0.25, -0.2) is 9.18 Å². The highest BCUT2D eigenvalue weighted by molar-refractivity contribution is 5.99. The molecule has 1 fully saturated rings. The third kappa shape index (κ3) is 2.72. The van der Waals surface area contributed by atoms with Crippen LogP contribution in [-0.4, -0.2) is 35.2 Å². The molecule has 1 aliphatic rings. The summed E-state index contributed by atoms with van der Waals surface area (Å²) in [6, 6.07) is 4.16. The van der Waals surface area contributed by atoms with E-state index >= 15 is 0 Å². The van der Waals surface area contributed by atoms with Crippen LogP contribution in [0.4, 0.5) is 4.39 Å². The molecule has 6 heteroatoms. The lowest BCUT2D eigenvalue weighted by Crippen LogP contribution is -2.76. The fraction of sp³-hybridized carbons (Fsp3) is 0.529. The van der Waals surface area contributed by atoms with Gasteiger partial charge >= 0.3 is 5.97 Å². The summed E-state index contributed by atoms with van der Waals surface area (Å²) >= 11 is 0. The van der Waals surface area contributed by atoms with Gasteiger partial charge < -0.3 is 15.2 Å². The highest BCUT2D eigenvalue weighted by Crippen LogP contribution is 2.51. The van der Waals surface area contributed by atoms with Crippen molar-refractivity contribution in [1.82, 2.24) is 5.32 Å². The number of carbonyl (C=O) groups excluding carboxylic acids is 1. The van der Waals surface area contributed by atoms with Crippen molar-refractivity contribution in [3.8, 4) is 0 Å². The summed E-state index contributed by atoms with van der Waals surface area (Å²) < 4.78 is 19.4. The third-order valence-electron chi connectivity index (χ3n) is 4.82. The lowest BCUT2D eigenvalue weighted by Gasteiger charge is -2.58. The molecule has 2 rings (SSSR count). The highest BCUT2D eigenvalue weighted by atomic mass is 19.1. The number of aryl methyl sites for hydroxylation is 1. The molecule has 0 unspecified atom stereocenters. The molecule has 0 radical (unpaired) electrons. The summed E-state index contributed by atoms with van der Waals surface area (Å²) in [7, 11) is 0. The Morgan fingerprint density at radius 1 is 1.43 bits per heavy atom. The number of benzene rings is 1. The number of carbonyl (C=O) groups is 2. The van der Waals surface area contributed by atoms with Gasteiger partial charge in [-0.2, -0.15) is 0 Å². The Morgan fingerprint density at radius 3 is 2.61 bits per heavy atom. The maximum absolute atomic E-state index is 13.9. The number of amides is 1. The minimum atomic E-state index is -1.47. The number of carboxylic acids is 1. The van der Waals surface area contributed by atoms with E-state index in [9.17, 15) is 19.1 Å². The van der Waals surface area contributed by atoms with Gasteiger partial charge in [0.15, 0.2) is 0 Å². The molecule has 126 valence electrons. The van der Waals surface area contributed by atoms with E-state index in [4.69, 9.17) is 4.74 Å². The Balaban J connectivity index is 2.30. The second-order valence-electron chi connectivity index (χ2n) is 6.52. The zero-order valence-corrected chi connectivity index (χ0v) is 13.8. The van der Waals surface area contributed by atoms with Gasteiger partial charge in [-0.3, -0.25) is 4.79 Å². The molecule has 1 amide bonds. The molecule has 1 aliphatic carbocycles. The lowest BCUT2D eigenvalue weighted by atomic mass is 9.54. The molecule has 0 aromatic heterocycles. The predicted molar refractivity (Wildman–Crippen MR) is 82.8 cm³/mol. The molecule has 2 atom stereocenters. The number of halogens is 1. The quantitative estimate of drug-likeness (QED) is 0.873. The number of aliphatic carboxylic acids is 1. The van der Waals surface area contributed by atoms with Crippen LogP contribution in [0.3, 0.4) is 0 Å². The van der Waals surface area contributed by atoms with Gasteiger partial charge in [-0.15, -0.1) is 0 Å². The zero-order chi connectivity index (χ0) is 17.4. The van der Waals surface area contributed by atoms with E-state index in [0.717, 1.165) is 5.56 Å². The van der Waals surface area contributed by atoms with Crippen molar-refractivity contribution >= 4 is 11.9 Å². The zero-order valence-electron chi connectivity index (χ0n) is 13.8. The number of rotatable bonds is 5. The first-order valence-electron chi connectivity index (χ1n) is 7.59. The van der Waals surface area contributed by atoms with Crippen molar-refractivity contribution in [2.24, 2.45) is 5.41 Å². The maximum Gasteiger partial charge on any atom is 0.330 e. The SMILES string of the molecule is CCO[C@@H]1C[C@](NC(=O)c2cc(C)ccc2F)(C(=O)O)C1(C)C. The monoisotopic (exact) mass is 323 g/mol. The maximum atomic E-state index is 13.9. The van der Waals surface area contributed by atoms with E-state index in [1.54, 1.807) is 26.8 Å². The van der Waals surface area contributed by atoms with Crippen molar-refractivity contribution in [2.45, 2.75) is 45.8 Å². The summed E-state index contributed by atoms with van der Waals surface area (Å²) in [5.41, 5.74) is -1.70. The van der Waals surface area contributed by atoms with Gasteiger partial charge in [-0.1, -0.05) is 25.5 Å². The van der Waals surface area contributed by atoms with Crippen LogP contribution in [-0.2, 0) is 9.53 Å². The molecule has 5 nitrogen and oxygen atoms in total. The molecule has 0 aliphatic heterocycles. The first kappa shape index (κ1) is 17.4. The number of hydrogen-bond donors (Lipinski definition) is 2. The molecule has 23 heavy (non-hydrogen) atoms. The third-order valence-corrected chi connectivity index (χ3v) is 4.82. The number of ether oxygens (including phenoxy) is 1. The first-order valence-corrected chi connectivity index (χ1v) is 7.59. The van der Waals surface area contributed by atoms with Gasteiger partial charge in [0.2, 0.25) is 0 Å². The molecular formula is C17H22FNO4. The van der Waals surface area contributed by atoms with Crippen molar-refractivity contribution < 1.29 is 23.8 Å². The fourth-order valence-electron chi connectivity index (χ4n) is 3.11. The van der Waals surface area contributed by atoms with E-state index in [1.165, 1.54) is 12.1 Å². The van der Waals surface area contributed by atoms with Gasteiger partial charge in [0.05, 0.1) is 11.7 Å². The Hall–Kier alpha value is -1.95. The number of nitrogens with one attached hydrogen (secondary N) is 1.